The Balaban J connectivity index is 1.77. The lowest BCUT2D eigenvalue weighted by Gasteiger charge is -2.30. The van der Waals surface area contributed by atoms with Gasteiger partial charge in [0, 0.05) is 24.7 Å². The van der Waals surface area contributed by atoms with Crippen LogP contribution < -0.4 is 14.8 Å². The van der Waals surface area contributed by atoms with Gasteiger partial charge in [-0.15, -0.1) is 0 Å². The van der Waals surface area contributed by atoms with E-state index < -0.39 is 5.25 Å². The summed E-state index contributed by atoms with van der Waals surface area (Å²) in [6.45, 7) is 4.83. The first kappa shape index (κ1) is 21.7. The Hall–Kier alpha value is -3.00. The van der Waals surface area contributed by atoms with E-state index in [9.17, 15) is 9.59 Å². The molecule has 2 aromatic rings. The van der Waals surface area contributed by atoms with Crippen molar-refractivity contribution in [1.82, 2.24) is 4.90 Å². The molecule has 1 N–H and O–H groups in total. The van der Waals surface area contributed by atoms with Crippen LogP contribution in [0, 0.1) is 0 Å². The van der Waals surface area contributed by atoms with E-state index in [0.717, 1.165) is 5.75 Å². The lowest BCUT2D eigenvalue weighted by molar-refractivity contribution is -0.129. The van der Waals surface area contributed by atoms with Crippen LogP contribution in [0.5, 0.6) is 11.5 Å². The number of carbonyl (C=O) groups is 2. The molecular weight excluding hydrogens is 402 g/mol. The molecule has 1 atom stereocenters. The van der Waals surface area contributed by atoms with Crippen molar-refractivity contribution >= 4 is 40.1 Å². The molecule has 8 heteroatoms. The van der Waals surface area contributed by atoms with Crippen molar-refractivity contribution in [2.24, 2.45) is 4.99 Å². The number of amidine groups is 1. The summed E-state index contributed by atoms with van der Waals surface area (Å²) in [6.07, 6.45) is 0.122. The highest BCUT2D eigenvalue weighted by molar-refractivity contribution is 8.15. The van der Waals surface area contributed by atoms with Gasteiger partial charge in [0.15, 0.2) is 5.17 Å². The van der Waals surface area contributed by atoms with Crippen molar-refractivity contribution < 1.29 is 19.1 Å². The molecule has 0 unspecified atom stereocenters. The molecule has 0 radical (unpaired) electrons. The van der Waals surface area contributed by atoms with E-state index in [1.165, 1.54) is 11.8 Å². The van der Waals surface area contributed by atoms with Crippen LogP contribution in [-0.2, 0) is 9.59 Å². The summed E-state index contributed by atoms with van der Waals surface area (Å²) >= 11 is 1.30. The van der Waals surface area contributed by atoms with Gasteiger partial charge in [-0.1, -0.05) is 17.8 Å². The Morgan fingerprint density at radius 2 is 1.97 bits per heavy atom. The third kappa shape index (κ3) is 5.33. The van der Waals surface area contributed by atoms with Gasteiger partial charge in [-0.25, -0.2) is 4.99 Å². The highest BCUT2D eigenvalue weighted by Crippen LogP contribution is 2.30. The second kappa shape index (κ2) is 10.2. The predicted molar refractivity (Wildman–Crippen MR) is 120 cm³/mol. The Kier molecular flexibility index (Phi) is 7.35. The number of carbonyl (C=O) groups excluding carboxylic acids is 2. The molecule has 2 aromatic carbocycles. The Morgan fingerprint density at radius 3 is 2.63 bits per heavy atom. The zero-order valence-electron chi connectivity index (χ0n) is 17.3. The fourth-order valence-electron chi connectivity index (χ4n) is 2.97. The molecule has 1 aliphatic heterocycles. The number of hydrogen-bond donors (Lipinski definition) is 1. The van der Waals surface area contributed by atoms with Crippen molar-refractivity contribution in [2.45, 2.75) is 25.5 Å². The number of anilines is 1. The first-order valence-electron chi connectivity index (χ1n) is 9.77. The van der Waals surface area contributed by atoms with Crippen LogP contribution in [0.25, 0.3) is 0 Å². The lowest BCUT2D eigenvalue weighted by Crippen LogP contribution is -2.45. The molecule has 0 bridgehead atoms. The molecule has 2 amide bonds. The van der Waals surface area contributed by atoms with Crippen molar-refractivity contribution in [3.63, 3.8) is 0 Å². The van der Waals surface area contributed by atoms with E-state index in [2.05, 4.69) is 10.3 Å². The van der Waals surface area contributed by atoms with E-state index in [1.54, 1.807) is 36.3 Å². The number of methoxy groups -OCH3 is 1. The number of thioether (sulfide) groups is 1. The minimum absolute atomic E-state index is 0.119. The van der Waals surface area contributed by atoms with Gasteiger partial charge in [0.05, 0.1) is 19.4 Å². The second-order valence-corrected chi connectivity index (χ2v) is 7.66. The van der Waals surface area contributed by atoms with Gasteiger partial charge in [-0.2, -0.15) is 0 Å². The first-order valence-corrected chi connectivity index (χ1v) is 10.7. The van der Waals surface area contributed by atoms with Gasteiger partial charge in [0.2, 0.25) is 11.8 Å². The van der Waals surface area contributed by atoms with Crippen LogP contribution in [-0.4, -0.2) is 47.4 Å². The SMILES string of the molecule is CCOc1cccc(NC(=O)[C@@H]2CC(=O)N(CC)C(=Nc3ccc(OC)cc3)S2)c1. The van der Waals surface area contributed by atoms with Gasteiger partial charge in [0.25, 0.3) is 0 Å². The Morgan fingerprint density at radius 1 is 1.20 bits per heavy atom. The summed E-state index contributed by atoms with van der Waals surface area (Å²) in [7, 11) is 1.60. The quantitative estimate of drug-likeness (QED) is 0.720. The minimum atomic E-state index is -0.562. The third-order valence-corrected chi connectivity index (χ3v) is 5.65. The number of amides is 2. The van der Waals surface area contributed by atoms with Crippen LogP contribution in [0.1, 0.15) is 20.3 Å². The monoisotopic (exact) mass is 427 g/mol. The van der Waals surface area contributed by atoms with Gasteiger partial charge in [0.1, 0.15) is 16.7 Å². The Bertz CT molecular complexity index is 930. The number of aliphatic imine (C=N–C) groups is 1. The highest BCUT2D eigenvalue weighted by atomic mass is 32.2. The number of benzene rings is 2. The molecule has 1 saturated heterocycles. The number of nitrogens with one attached hydrogen (secondary N) is 1. The summed E-state index contributed by atoms with van der Waals surface area (Å²) in [5.41, 5.74) is 1.32. The number of hydrogen-bond acceptors (Lipinski definition) is 6. The molecule has 0 saturated carbocycles. The standard InChI is InChI=1S/C22H25N3O4S/c1-4-25-20(26)14-19(21(27)23-16-7-6-8-18(13-16)29-5-2)30-22(25)24-15-9-11-17(28-3)12-10-15/h6-13,19H,4-5,14H2,1-3H3,(H,23,27)/t19-/m0/s1. The van der Waals surface area contributed by atoms with Crippen LogP contribution in [0.3, 0.4) is 0 Å². The molecule has 0 aromatic heterocycles. The Labute approximate surface area is 180 Å². The van der Waals surface area contributed by atoms with E-state index in [-0.39, 0.29) is 18.2 Å². The molecule has 30 heavy (non-hydrogen) atoms. The average Bonchev–Trinajstić information content (AvgIpc) is 2.74. The van der Waals surface area contributed by atoms with Crippen molar-refractivity contribution in [3.8, 4) is 11.5 Å². The second-order valence-electron chi connectivity index (χ2n) is 6.49. The summed E-state index contributed by atoms with van der Waals surface area (Å²) in [5.74, 6) is 1.05. The van der Waals surface area contributed by atoms with Crippen molar-refractivity contribution in [2.75, 3.05) is 25.6 Å². The zero-order chi connectivity index (χ0) is 21.5. The van der Waals surface area contributed by atoms with E-state index >= 15 is 0 Å². The number of nitrogens with zero attached hydrogens (tertiary/aromatic N) is 2. The molecule has 1 heterocycles. The first-order chi connectivity index (χ1) is 14.5. The molecule has 158 valence electrons. The van der Waals surface area contributed by atoms with Gasteiger partial charge in [-0.05, 0) is 50.2 Å². The summed E-state index contributed by atoms with van der Waals surface area (Å²) < 4.78 is 10.6. The number of ether oxygens (including phenoxy) is 2. The average molecular weight is 428 g/mol. The fourth-order valence-corrected chi connectivity index (χ4v) is 4.14. The summed E-state index contributed by atoms with van der Waals surface area (Å²) in [5, 5.41) is 2.84. The fraction of sp³-hybridized carbons (Fsp3) is 0.318. The highest BCUT2D eigenvalue weighted by Gasteiger charge is 2.35. The molecule has 3 rings (SSSR count). The van der Waals surface area contributed by atoms with Gasteiger partial charge < -0.3 is 14.8 Å². The molecule has 1 aliphatic rings. The van der Waals surface area contributed by atoms with Crippen molar-refractivity contribution in [3.05, 3.63) is 48.5 Å². The molecule has 0 spiro atoms. The largest absolute Gasteiger partial charge is 0.497 e. The van der Waals surface area contributed by atoms with Crippen molar-refractivity contribution in [1.29, 1.82) is 0 Å². The molecule has 7 nitrogen and oxygen atoms in total. The van der Waals surface area contributed by atoms with Crippen LogP contribution in [0.2, 0.25) is 0 Å². The maximum absolute atomic E-state index is 12.8. The van der Waals surface area contributed by atoms with Crippen LogP contribution in [0.4, 0.5) is 11.4 Å². The van der Waals surface area contributed by atoms with E-state index in [1.807, 2.05) is 38.1 Å². The predicted octanol–water partition coefficient (Wildman–Crippen LogP) is 4.07. The molecule has 1 fully saturated rings. The number of rotatable bonds is 7. The van der Waals surface area contributed by atoms with Gasteiger partial charge >= 0.3 is 0 Å². The summed E-state index contributed by atoms with van der Waals surface area (Å²) in [4.78, 5) is 31.7. The van der Waals surface area contributed by atoms with E-state index in [4.69, 9.17) is 9.47 Å². The minimum Gasteiger partial charge on any atom is -0.497 e. The summed E-state index contributed by atoms with van der Waals surface area (Å²) in [6, 6.07) is 14.4. The normalized spacial score (nSPS) is 17.7. The topological polar surface area (TPSA) is 80.2 Å². The molecule has 0 aliphatic carbocycles. The third-order valence-electron chi connectivity index (χ3n) is 4.46. The van der Waals surface area contributed by atoms with Gasteiger partial charge in [-0.3, -0.25) is 14.5 Å². The van der Waals surface area contributed by atoms with E-state index in [0.29, 0.717) is 35.4 Å². The maximum atomic E-state index is 12.8. The van der Waals surface area contributed by atoms with Crippen LogP contribution >= 0.6 is 11.8 Å². The van der Waals surface area contributed by atoms with Crippen LogP contribution in [0.15, 0.2) is 53.5 Å². The zero-order valence-corrected chi connectivity index (χ0v) is 18.1. The smallest absolute Gasteiger partial charge is 0.238 e. The molecular formula is C22H25N3O4S. The maximum Gasteiger partial charge on any atom is 0.238 e. The lowest BCUT2D eigenvalue weighted by atomic mass is 10.2.